The van der Waals surface area contributed by atoms with Gasteiger partial charge in [-0.3, -0.25) is 4.79 Å². The van der Waals surface area contributed by atoms with Crippen molar-refractivity contribution in [3.05, 3.63) is 50.7 Å². The number of nitriles is 1. The van der Waals surface area contributed by atoms with Crippen LogP contribution in [0.2, 0.25) is 4.34 Å². The molecule has 0 spiro atoms. The smallest absolute Gasteiger partial charge is 0.261 e. The van der Waals surface area contributed by atoms with Crippen LogP contribution in [0.25, 0.3) is 6.08 Å². The number of nitrogens with one attached hydrogen (secondary N) is 1. The zero-order valence-corrected chi connectivity index (χ0v) is 15.4. The maximum atomic E-state index is 12.1. The van der Waals surface area contributed by atoms with Gasteiger partial charge in [-0.05, 0) is 42.3 Å². The van der Waals surface area contributed by atoms with E-state index in [1.54, 1.807) is 26.4 Å². The van der Waals surface area contributed by atoms with E-state index in [0.717, 1.165) is 10.4 Å². The van der Waals surface area contributed by atoms with Crippen molar-refractivity contribution >= 4 is 34.9 Å². The van der Waals surface area contributed by atoms with E-state index in [1.807, 2.05) is 24.3 Å². The molecule has 0 aliphatic rings. The molecule has 0 saturated heterocycles. The number of hydrogen-bond donors (Lipinski definition) is 1. The summed E-state index contributed by atoms with van der Waals surface area (Å²) in [6, 6.07) is 11.0. The van der Waals surface area contributed by atoms with E-state index < -0.39 is 5.91 Å². The van der Waals surface area contributed by atoms with Gasteiger partial charge in [0.05, 0.1) is 18.6 Å². The Hall–Kier alpha value is -2.49. The number of nitrogens with zero attached hydrogens (tertiary/aromatic N) is 1. The number of rotatable bonds is 7. The number of amides is 1. The summed E-state index contributed by atoms with van der Waals surface area (Å²) in [4.78, 5) is 12.9. The Balaban J connectivity index is 1.95. The lowest BCUT2D eigenvalue weighted by atomic mass is 10.1. The minimum atomic E-state index is -0.410. The van der Waals surface area contributed by atoms with Crippen LogP contribution in [0.1, 0.15) is 10.4 Å². The van der Waals surface area contributed by atoms with Crippen LogP contribution < -0.4 is 14.8 Å². The van der Waals surface area contributed by atoms with Gasteiger partial charge in [0.25, 0.3) is 5.91 Å². The summed E-state index contributed by atoms with van der Waals surface area (Å²) < 4.78 is 11.1. The molecule has 0 aliphatic heterocycles. The quantitative estimate of drug-likeness (QED) is 0.591. The monoisotopic (exact) mass is 376 g/mol. The van der Waals surface area contributed by atoms with Gasteiger partial charge in [-0.2, -0.15) is 5.26 Å². The predicted molar refractivity (Wildman–Crippen MR) is 99.2 cm³/mol. The first kappa shape index (κ1) is 18.8. The molecule has 1 N–H and O–H groups in total. The summed E-state index contributed by atoms with van der Waals surface area (Å²) in [7, 11) is 3.15. The van der Waals surface area contributed by atoms with Gasteiger partial charge < -0.3 is 14.8 Å². The summed E-state index contributed by atoms with van der Waals surface area (Å²) in [5.74, 6) is 0.880. The van der Waals surface area contributed by atoms with Crippen molar-refractivity contribution in [1.82, 2.24) is 5.32 Å². The van der Waals surface area contributed by atoms with Gasteiger partial charge >= 0.3 is 0 Å². The molecule has 1 amide bonds. The fourth-order valence-corrected chi connectivity index (χ4v) is 3.15. The molecule has 1 aromatic heterocycles. The van der Waals surface area contributed by atoms with E-state index in [0.29, 0.717) is 28.8 Å². The van der Waals surface area contributed by atoms with Crippen molar-refractivity contribution in [2.45, 2.75) is 6.42 Å². The Bertz CT molecular complexity index is 824. The highest BCUT2D eigenvalue weighted by Crippen LogP contribution is 2.27. The minimum absolute atomic E-state index is 0.0471. The third kappa shape index (κ3) is 5.24. The van der Waals surface area contributed by atoms with Crippen molar-refractivity contribution in [1.29, 1.82) is 5.26 Å². The Morgan fingerprint density at radius 3 is 2.64 bits per heavy atom. The fourth-order valence-electron chi connectivity index (χ4n) is 2.15. The maximum absolute atomic E-state index is 12.1. The minimum Gasteiger partial charge on any atom is -0.493 e. The molecule has 0 fully saturated rings. The van der Waals surface area contributed by atoms with Crippen LogP contribution in [0.5, 0.6) is 11.5 Å². The second-order valence-electron chi connectivity index (χ2n) is 5.01. The zero-order valence-electron chi connectivity index (χ0n) is 13.8. The molecule has 7 heteroatoms. The maximum Gasteiger partial charge on any atom is 0.261 e. The third-order valence-corrected chi connectivity index (χ3v) is 4.57. The Morgan fingerprint density at radius 2 is 2.04 bits per heavy atom. The van der Waals surface area contributed by atoms with Crippen LogP contribution in [0.3, 0.4) is 0 Å². The highest BCUT2D eigenvalue weighted by Gasteiger charge is 2.10. The van der Waals surface area contributed by atoms with Crippen LogP contribution in [-0.2, 0) is 11.2 Å². The topological polar surface area (TPSA) is 71.3 Å². The molecule has 25 heavy (non-hydrogen) atoms. The van der Waals surface area contributed by atoms with E-state index in [4.69, 9.17) is 26.3 Å². The van der Waals surface area contributed by atoms with Crippen LogP contribution in [-0.4, -0.2) is 26.7 Å². The van der Waals surface area contributed by atoms with Gasteiger partial charge in [-0.25, -0.2) is 0 Å². The zero-order chi connectivity index (χ0) is 18.2. The predicted octanol–water partition coefficient (Wildman–Crippen LogP) is 3.68. The van der Waals surface area contributed by atoms with Crippen LogP contribution in [0.15, 0.2) is 35.9 Å². The SMILES string of the molecule is COc1ccc(CCNC(=O)/C(C#N)=C/c2ccc(Cl)s2)cc1OC. The molecule has 1 heterocycles. The van der Waals surface area contributed by atoms with E-state index >= 15 is 0 Å². The number of carbonyl (C=O) groups is 1. The standard InChI is InChI=1S/C18H17ClN2O3S/c1-23-15-5-3-12(9-16(15)24-2)7-8-21-18(22)13(11-20)10-14-4-6-17(19)25-14/h3-6,9-10H,7-8H2,1-2H3,(H,21,22)/b13-10+. The number of thiophene rings is 1. The average Bonchev–Trinajstić information content (AvgIpc) is 3.04. The Labute approximate surface area is 155 Å². The molecule has 130 valence electrons. The first-order chi connectivity index (χ1) is 12.1. The molecule has 5 nitrogen and oxygen atoms in total. The number of carbonyl (C=O) groups excluding carboxylic acids is 1. The third-order valence-electron chi connectivity index (χ3n) is 3.39. The van der Waals surface area contributed by atoms with Crippen molar-refractivity contribution in [3.63, 3.8) is 0 Å². The molecule has 0 aliphatic carbocycles. The van der Waals surface area contributed by atoms with Crippen LogP contribution >= 0.6 is 22.9 Å². The summed E-state index contributed by atoms with van der Waals surface area (Å²) >= 11 is 7.16. The molecule has 0 radical (unpaired) electrons. The summed E-state index contributed by atoms with van der Waals surface area (Å²) in [6.07, 6.45) is 2.14. The number of halogens is 1. The second-order valence-corrected chi connectivity index (χ2v) is 6.75. The van der Waals surface area contributed by atoms with E-state index in [-0.39, 0.29) is 5.57 Å². The van der Waals surface area contributed by atoms with Gasteiger partial charge in [0.15, 0.2) is 11.5 Å². The van der Waals surface area contributed by atoms with Gasteiger partial charge in [0.1, 0.15) is 11.6 Å². The van der Waals surface area contributed by atoms with Gasteiger partial charge in [-0.1, -0.05) is 17.7 Å². The lowest BCUT2D eigenvalue weighted by Gasteiger charge is -2.10. The van der Waals surface area contributed by atoms with E-state index in [1.165, 1.54) is 17.4 Å². The molecule has 0 unspecified atom stereocenters. The number of ether oxygens (including phenoxy) is 2. The Morgan fingerprint density at radius 1 is 1.28 bits per heavy atom. The number of benzene rings is 1. The highest BCUT2D eigenvalue weighted by molar-refractivity contribution is 7.17. The summed E-state index contributed by atoms with van der Waals surface area (Å²) in [5, 5.41) is 11.9. The largest absolute Gasteiger partial charge is 0.493 e. The average molecular weight is 377 g/mol. The van der Waals surface area contributed by atoms with E-state index in [9.17, 15) is 4.79 Å². The van der Waals surface area contributed by atoms with Crippen molar-refractivity contribution < 1.29 is 14.3 Å². The van der Waals surface area contributed by atoms with Gasteiger partial charge in [-0.15, -0.1) is 11.3 Å². The van der Waals surface area contributed by atoms with Crippen molar-refractivity contribution in [2.75, 3.05) is 20.8 Å². The molecular formula is C18H17ClN2O3S. The molecule has 0 saturated carbocycles. The van der Waals surface area contributed by atoms with Crippen LogP contribution in [0.4, 0.5) is 0 Å². The Kier molecular flexibility index (Phi) is 6.87. The highest BCUT2D eigenvalue weighted by atomic mass is 35.5. The number of hydrogen-bond acceptors (Lipinski definition) is 5. The van der Waals surface area contributed by atoms with E-state index in [2.05, 4.69) is 5.32 Å². The molecule has 1 aromatic carbocycles. The van der Waals surface area contributed by atoms with Crippen molar-refractivity contribution in [3.8, 4) is 17.6 Å². The van der Waals surface area contributed by atoms with Gasteiger partial charge in [0.2, 0.25) is 0 Å². The second kappa shape index (κ2) is 9.11. The first-order valence-corrected chi connectivity index (χ1v) is 8.63. The number of methoxy groups -OCH3 is 2. The normalized spacial score (nSPS) is 10.9. The van der Waals surface area contributed by atoms with Crippen LogP contribution in [0, 0.1) is 11.3 Å². The van der Waals surface area contributed by atoms with Gasteiger partial charge in [0, 0.05) is 11.4 Å². The molecule has 2 aromatic rings. The first-order valence-electron chi connectivity index (χ1n) is 7.43. The molecule has 0 atom stereocenters. The lowest BCUT2D eigenvalue weighted by Crippen LogP contribution is -2.26. The fraction of sp³-hybridized carbons (Fsp3) is 0.222. The summed E-state index contributed by atoms with van der Waals surface area (Å²) in [6.45, 7) is 0.401. The molecule has 2 rings (SSSR count). The summed E-state index contributed by atoms with van der Waals surface area (Å²) in [5.41, 5.74) is 1.04. The molecular weight excluding hydrogens is 360 g/mol. The van der Waals surface area contributed by atoms with Crippen molar-refractivity contribution in [2.24, 2.45) is 0 Å². The molecule has 0 bridgehead atoms. The lowest BCUT2D eigenvalue weighted by molar-refractivity contribution is -0.117.